The fourth-order valence-electron chi connectivity index (χ4n) is 0.970. The molecule has 0 unspecified atom stereocenters. The molecular weight excluding hydrogens is 170 g/mol. The molecule has 3 N–H and O–H groups in total. The first-order valence-corrected chi connectivity index (χ1v) is 4.23. The van der Waals surface area contributed by atoms with Gasteiger partial charge in [0.2, 0.25) is 0 Å². The summed E-state index contributed by atoms with van der Waals surface area (Å²) in [7, 11) is 0. The van der Waals surface area contributed by atoms with Gasteiger partial charge >= 0.3 is 5.97 Å². The van der Waals surface area contributed by atoms with Crippen molar-refractivity contribution in [2.45, 2.75) is 33.1 Å². The first-order chi connectivity index (χ1) is 6.00. The maximum Gasteiger partial charge on any atom is 0.341 e. The van der Waals surface area contributed by atoms with Crippen LogP contribution in [-0.2, 0) is 9.59 Å². The van der Waals surface area contributed by atoms with E-state index in [0.717, 1.165) is 6.42 Å². The average Bonchev–Trinajstić information content (AvgIpc) is 1.99. The molecule has 0 aromatic carbocycles. The number of carbonyl (C=O) groups is 2. The van der Waals surface area contributed by atoms with E-state index in [2.05, 4.69) is 0 Å². The van der Waals surface area contributed by atoms with E-state index in [4.69, 9.17) is 10.8 Å². The summed E-state index contributed by atoms with van der Waals surface area (Å²) >= 11 is 0. The SMILES string of the molecule is CCCCC(=O)C(C(=O)O)=C(C)N. The summed E-state index contributed by atoms with van der Waals surface area (Å²) in [6.07, 6.45) is 1.82. The zero-order valence-corrected chi connectivity index (χ0v) is 7.96. The van der Waals surface area contributed by atoms with Gasteiger partial charge < -0.3 is 10.8 Å². The van der Waals surface area contributed by atoms with Gasteiger partial charge in [0.05, 0.1) is 0 Å². The Morgan fingerprint density at radius 3 is 2.23 bits per heavy atom. The minimum atomic E-state index is -1.24. The van der Waals surface area contributed by atoms with Gasteiger partial charge in [-0.3, -0.25) is 4.79 Å². The van der Waals surface area contributed by atoms with Crippen molar-refractivity contribution in [3.05, 3.63) is 11.3 Å². The Balaban J connectivity index is 4.51. The molecule has 4 heteroatoms. The molecule has 0 spiro atoms. The Labute approximate surface area is 77.4 Å². The van der Waals surface area contributed by atoms with E-state index in [-0.39, 0.29) is 23.5 Å². The summed E-state index contributed by atoms with van der Waals surface area (Å²) < 4.78 is 0. The molecule has 74 valence electrons. The van der Waals surface area contributed by atoms with Crippen LogP contribution in [0, 0.1) is 0 Å². The number of hydrogen-bond donors (Lipinski definition) is 2. The van der Waals surface area contributed by atoms with Crippen molar-refractivity contribution in [1.29, 1.82) is 0 Å². The number of carbonyl (C=O) groups excluding carboxylic acids is 1. The second-order valence-electron chi connectivity index (χ2n) is 2.89. The predicted molar refractivity (Wildman–Crippen MR) is 49.1 cm³/mol. The van der Waals surface area contributed by atoms with Crippen molar-refractivity contribution < 1.29 is 14.7 Å². The topological polar surface area (TPSA) is 80.4 Å². The van der Waals surface area contributed by atoms with Crippen molar-refractivity contribution in [2.75, 3.05) is 0 Å². The largest absolute Gasteiger partial charge is 0.477 e. The molecule has 0 aromatic heterocycles. The summed E-state index contributed by atoms with van der Waals surface area (Å²) in [6.45, 7) is 3.36. The molecule has 0 aliphatic heterocycles. The van der Waals surface area contributed by atoms with Gasteiger partial charge in [-0.15, -0.1) is 0 Å². The van der Waals surface area contributed by atoms with Crippen LogP contribution in [0.15, 0.2) is 11.3 Å². The third-order valence-electron chi connectivity index (χ3n) is 1.64. The molecule has 0 aromatic rings. The molecule has 4 nitrogen and oxygen atoms in total. The Morgan fingerprint density at radius 1 is 1.38 bits per heavy atom. The lowest BCUT2D eigenvalue weighted by Gasteiger charge is -2.02. The number of allylic oxidation sites excluding steroid dienone is 1. The number of nitrogens with two attached hydrogens (primary N) is 1. The second kappa shape index (κ2) is 5.35. The van der Waals surface area contributed by atoms with Crippen LogP contribution in [0.1, 0.15) is 33.1 Å². The third-order valence-corrected chi connectivity index (χ3v) is 1.64. The molecule has 0 radical (unpaired) electrons. The molecule has 0 bridgehead atoms. The first-order valence-electron chi connectivity index (χ1n) is 4.23. The van der Waals surface area contributed by atoms with Crippen LogP contribution in [0.5, 0.6) is 0 Å². The van der Waals surface area contributed by atoms with Crippen molar-refractivity contribution in [1.82, 2.24) is 0 Å². The second-order valence-corrected chi connectivity index (χ2v) is 2.89. The van der Waals surface area contributed by atoms with E-state index >= 15 is 0 Å². The average molecular weight is 185 g/mol. The van der Waals surface area contributed by atoms with E-state index in [0.29, 0.717) is 6.42 Å². The lowest BCUT2D eigenvalue weighted by molar-refractivity contribution is -0.134. The molecule has 0 aliphatic rings. The van der Waals surface area contributed by atoms with Gasteiger partial charge in [-0.2, -0.15) is 0 Å². The highest BCUT2D eigenvalue weighted by Gasteiger charge is 2.18. The fourth-order valence-corrected chi connectivity index (χ4v) is 0.970. The normalized spacial score (nSPS) is 12.2. The molecule has 0 rings (SSSR count). The molecule has 0 atom stereocenters. The zero-order valence-electron chi connectivity index (χ0n) is 7.96. The van der Waals surface area contributed by atoms with Gasteiger partial charge in [0.15, 0.2) is 5.78 Å². The van der Waals surface area contributed by atoms with Crippen LogP contribution in [0.3, 0.4) is 0 Å². The van der Waals surface area contributed by atoms with Crippen molar-refractivity contribution in [2.24, 2.45) is 5.73 Å². The number of rotatable bonds is 5. The lowest BCUT2D eigenvalue weighted by Crippen LogP contribution is -2.17. The summed E-state index contributed by atoms with van der Waals surface area (Å²) in [6, 6.07) is 0. The summed E-state index contributed by atoms with van der Waals surface area (Å²) in [5.41, 5.74) is 5.10. The van der Waals surface area contributed by atoms with E-state index in [9.17, 15) is 9.59 Å². The maximum absolute atomic E-state index is 11.3. The van der Waals surface area contributed by atoms with Gasteiger partial charge in [-0.1, -0.05) is 13.3 Å². The number of carboxylic acid groups (broad SMARTS) is 1. The van der Waals surface area contributed by atoms with Crippen LogP contribution >= 0.6 is 0 Å². The van der Waals surface area contributed by atoms with Gasteiger partial charge in [0, 0.05) is 12.1 Å². The Hall–Kier alpha value is -1.32. The van der Waals surface area contributed by atoms with E-state index < -0.39 is 5.97 Å². The summed E-state index contributed by atoms with van der Waals surface area (Å²) in [4.78, 5) is 21.9. The Bertz CT molecular complexity index is 239. The van der Waals surface area contributed by atoms with Gasteiger partial charge in [0.25, 0.3) is 0 Å². The number of Topliss-reactive ketones (excluding diaryl/α,β-unsaturated/α-hetero) is 1. The van der Waals surface area contributed by atoms with Crippen LogP contribution in [0.2, 0.25) is 0 Å². The van der Waals surface area contributed by atoms with E-state index in [1.807, 2.05) is 6.92 Å². The lowest BCUT2D eigenvalue weighted by atomic mass is 10.0. The molecular formula is C9H15NO3. The first kappa shape index (κ1) is 11.7. The molecule has 0 heterocycles. The monoisotopic (exact) mass is 185 g/mol. The van der Waals surface area contributed by atoms with Crippen LogP contribution < -0.4 is 5.73 Å². The van der Waals surface area contributed by atoms with Gasteiger partial charge in [-0.05, 0) is 13.3 Å². The van der Waals surface area contributed by atoms with Crippen molar-refractivity contribution in [3.63, 3.8) is 0 Å². The number of hydrogen-bond acceptors (Lipinski definition) is 3. The standard InChI is InChI=1S/C9H15NO3/c1-3-4-5-7(11)8(6(2)10)9(12)13/h3-5,10H2,1-2H3,(H,12,13). The highest BCUT2D eigenvalue weighted by Crippen LogP contribution is 2.07. The van der Waals surface area contributed by atoms with Gasteiger partial charge in [-0.25, -0.2) is 4.79 Å². The fraction of sp³-hybridized carbons (Fsp3) is 0.556. The third kappa shape index (κ3) is 3.73. The van der Waals surface area contributed by atoms with E-state index in [1.54, 1.807) is 0 Å². The number of aliphatic carboxylic acids is 1. The summed E-state index contributed by atoms with van der Waals surface area (Å²) in [5, 5.41) is 8.65. The molecule has 0 fully saturated rings. The van der Waals surface area contributed by atoms with Crippen LogP contribution in [0.25, 0.3) is 0 Å². The van der Waals surface area contributed by atoms with E-state index in [1.165, 1.54) is 6.92 Å². The van der Waals surface area contributed by atoms with Gasteiger partial charge in [0.1, 0.15) is 5.57 Å². The predicted octanol–water partition coefficient (Wildman–Crippen LogP) is 1.06. The molecule has 0 aliphatic carbocycles. The van der Waals surface area contributed by atoms with Crippen molar-refractivity contribution in [3.8, 4) is 0 Å². The zero-order chi connectivity index (χ0) is 10.4. The van der Waals surface area contributed by atoms with Crippen molar-refractivity contribution >= 4 is 11.8 Å². The molecule has 0 saturated carbocycles. The minimum absolute atomic E-state index is 0.0774. The Morgan fingerprint density at radius 2 is 1.92 bits per heavy atom. The maximum atomic E-state index is 11.3. The van der Waals surface area contributed by atoms with Crippen LogP contribution in [-0.4, -0.2) is 16.9 Å². The number of unbranched alkanes of at least 4 members (excludes halogenated alkanes) is 1. The Kier molecular flexibility index (Phi) is 4.80. The molecule has 0 saturated heterocycles. The molecule has 0 amide bonds. The number of ketones is 1. The highest BCUT2D eigenvalue weighted by atomic mass is 16.4. The molecule has 13 heavy (non-hydrogen) atoms. The van der Waals surface area contributed by atoms with Crippen LogP contribution in [0.4, 0.5) is 0 Å². The smallest absolute Gasteiger partial charge is 0.341 e. The quantitative estimate of drug-likeness (QED) is 0.381. The minimum Gasteiger partial charge on any atom is -0.477 e. The number of carboxylic acids is 1. The summed E-state index contributed by atoms with van der Waals surface area (Å²) in [5.74, 6) is -1.62. The highest BCUT2D eigenvalue weighted by molar-refractivity contribution is 6.17.